The third kappa shape index (κ3) is 5.49. The van der Waals surface area contributed by atoms with Crippen LogP contribution in [0.2, 0.25) is 0 Å². The van der Waals surface area contributed by atoms with Gasteiger partial charge in [0.1, 0.15) is 6.54 Å². The number of benzene rings is 1. The largest absolute Gasteiger partial charge is 0.459 e. The molecule has 0 aliphatic heterocycles. The molecule has 2 aromatic rings. The molecule has 1 heterocycles. The van der Waals surface area contributed by atoms with E-state index in [0.717, 1.165) is 36.8 Å². The van der Waals surface area contributed by atoms with Crippen molar-refractivity contribution in [1.82, 2.24) is 10.6 Å². The predicted octanol–water partition coefficient (Wildman–Crippen LogP) is 3.11. The van der Waals surface area contributed by atoms with Crippen molar-refractivity contribution >= 4 is 23.4 Å². The van der Waals surface area contributed by atoms with Gasteiger partial charge in [0.2, 0.25) is 11.8 Å². The average Bonchev–Trinajstić information content (AvgIpc) is 3.28. The fourth-order valence-corrected chi connectivity index (χ4v) is 3.75. The first-order valence-electron chi connectivity index (χ1n) is 10.4. The Bertz CT molecular complexity index is 886. The Hall–Kier alpha value is -3.09. The molecule has 7 nitrogen and oxygen atoms in total. The van der Waals surface area contributed by atoms with Gasteiger partial charge in [-0.2, -0.15) is 0 Å². The molecular formula is C23H29N3O4. The average molecular weight is 412 g/mol. The molecule has 30 heavy (non-hydrogen) atoms. The van der Waals surface area contributed by atoms with Crippen LogP contribution in [-0.4, -0.2) is 36.9 Å². The SMILES string of the molecule is Cc1cccc(N(CC(=O)NC2CCCCC2)C(=O)CNC(=O)c2ccco2)c1C. The number of carbonyl (C=O) groups excluding carboxylic acids is 3. The Labute approximate surface area is 176 Å². The quantitative estimate of drug-likeness (QED) is 0.732. The van der Waals surface area contributed by atoms with Gasteiger partial charge in [0.05, 0.1) is 12.8 Å². The highest BCUT2D eigenvalue weighted by atomic mass is 16.3. The zero-order valence-electron chi connectivity index (χ0n) is 17.6. The number of hydrogen-bond acceptors (Lipinski definition) is 4. The van der Waals surface area contributed by atoms with Gasteiger partial charge in [0.15, 0.2) is 5.76 Å². The van der Waals surface area contributed by atoms with E-state index in [0.29, 0.717) is 5.69 Å². The molecule has 1 aromatic carbocycles. The predicted molar refractivity (Wildman–Crippen MR) is 114 cm³/mol. The first-order valence-corrected chi connectivity index (χ1v) is 10.4. The van der Waals surface area contributed by atoms with E-state index in [4.69, 9.17) is 4.42 Å². The molecule has 1 aromatic heterocycles. The van der Waals surface area contributed by atoms with E-state index >= 15 is 0 Å². The molecule has 0 spiro atoms. The third-order valence-electron chi connectivity index (χ3n) is 5.59. The molecule has 7 heteroatoms. The minimum Gasteiger partial charge on any atom is -0.459 e. The highest BCUT2D eigenvalue weighted by molar-refractivity contribution is 6.02. The molecule has 0 unspecified atom stereocenters. The Balaban J connectivity index is 1.71. The van der Waals surface area contributed by atoms with Crippen molar-refractivity contribution in [3.8, 4) is 0 Å². The second-order valence-corrected chi connectivity index (χ2v) is 7.76. The summed E-state index contributed by atoms with van der Waals surface area (Å²) in [6.07, 6.45) is 6.78. The lowest BCUT2D eigenvalue weighted by molar-refractivity contribution is -0.124. The van der Waals surface area contributed by atoms with Gasteiger partial charge in [-0.15, -0.1) is 0 Å². The fraction of sp³-hybridized carbons (Fsp3) is 0.435. The van der Waals surface area contributed by atoms with Gasteiger partial charge >= 0.3 is 0 Å². The second-order valence-electron chi connectivity index (χ2n) is 7.76. The van der Waals surface area contributed by atoms with E-state index < -0.39 is 5.91 Å². The van der Waals surface area contributed by atoms with Crippen LogP contribution in [0.25, 0.3) is 0 Å². The molecule has 0 saturated heterocycles. The molecular weight excluding hydrogens is 382 g/mol. The summed E-state index contributed by atoms with van der Waals surface area (Å²) in [6, 6.07) is 8.94. The molecule has 0 atom stereocenters. The van der Waals surface area contributed by atoms with Gasteiger partial charge in [0.25, 0.3) is 5.91 Å². The normalized spacial score (nSPS) is 14.2. The number of amides is 3. The highest BCUT2D eigenvalue weighted by Crippen LogP contribution is 2.23. The molecule has 1 aliphatic carbocycles. The molecule has 160 valence electrons. The third-order valence-corrected chi connectivity index (χ3v) is 5.59. The molecule has 0 radical (unpaired) electrons. The lowest BCUT2D eigenvalue weighted by Gasteiger charge is -2.27. The van der Waals surface area contributed by atoms with Crippen LogP contribution in [0, 0.1) is 13.8 Å². The Morgan fingerprint density at radius 2 is 1.83 bits per heavy atom. The first-order chi connectivity index (χ1) is 14.5. The second kappa shape index (κ2) is 10.1. The van der Waals surface area contributed by atoms with Gasteiger partial charge < -0.3 is 20.0 Å². The van der Waals surface area contributed by atoms with E-state index in [1.165, 1.54) is 23.7 Å². The van der Waals surface area contributed by atoms with Crippen LogP contribution >= 0.6 is 0 Å². The van der Waals surface area contributed by atoms with Crippen molar-refractivity contribution in [2.24, 2.45) is 0 Å². The number of aryl methyl sites for hydroxylation is 1. The highest BCUT2D eigenvalue weighted by Gasteiger charge is 2.24. The zero-order chi connectivity index (χ0) is 21.5. The number of hydrogen-bond donors (Lipinski definition) is 2. The molecule has 3 amide bonds. The Morgan fingerprint density at radius 1 is 1.07 bits per heavy atom. The van der Waals surface area contributed by atoms with Crippen LogP contribution < -0.4 is 15.5 Å². The number of carbonyl (C=O) groups is 3. The van der Waals surface area contributed by atoms with Crippen LogP contribution in [0.4, 0.5) is 5.69 Å². The summed E-state index contributed by atoms with van der Waals surface area (Å²) in [4.78, 5) is 39.3. The minimum absolute atomic E-state index is 0.0871. The van der Waals surface area contributed by atoms with Crippen molar-refractivity contribution < 1.29 is 18.8 Å². The lowest BCUT2D eigenvalue weighted by atomic mass is 9.95. The van der Waals surface area contributed by atoms with Crippen molar-refractivity contribution in [2.75, 3.05) is 18.0 Å². The summed E-state index contributed by atoms with van der Waals surface area (Å²) in [5, 5.41) is 5.63. The van der Waals surface area contributed by atoms with Crippen LogP contribution in [0.1, 0.15) is 53.8 Å². The monoisotopic (exact) mass is 411 g/mol. The van der Waals surface area contributed by atoms with Crippen LogP contribution in [0.5, 0.6) is 0 Å². The van der Waals surface area contributed by atoms with Crippen molar-refractivity contribution in [3.05, 3.63) is 53.5 Å². The number of nitrogens with one attached hydrogen (secondary N) is 2. The minimum atomic E-state index is -0.471. The van der Waals surface area contributed by atoms with Crippen molar-refractivity contribution in [1.29, 1.82) is 0 Å². The van der Waals surface area contributed by atoms with E-state index in [2.05, 4.69) is 10.6 Å². The number of anilines is 1. The molecule has 1 aliphatic rings. The van der Waals surface area contributed by atoms with Gasteiger partial charge in [0, 0.05) is 11.7 Å². The van der Waals surface area contributed by atoms with Gasteiger partial charge in [-0.05, 0) is 56.0 Å². The van der Waals surface area contributed by atoms with Gasteiger partial charge in [-0.25, -0.2) is 0 Å². The van der Waals surface area contributed by atoms with Crippen molar-refractivity contribution in [2.45, 2.75) is 52.0 Å². The molecule has 0 bridgehead atoms. The summed E-state index contributed by atoms with van der Waals surface area (Å²) < 4.78 is 5.06. The summed E-state index contributed by atoms with van der Waals surface area (Å²) >= 11 is 0. The Morgan fingerprint density at radius 3 is 2.53 bits per heavy atom. The van der Waals surface area contributed by atoms with Crippen molar-refractivity contribution in [3.63, 3.8) is 0 Å². The van der Waals surface area contributed by atoms with Crippen LogP contribution in [-0.2, 0) is 9.59 Å². The Kier molecular flexibility index (Phi) is 7.27. The topological polar surface area (TPSA) is 91.7 Å². The lowest BCUT2D eigenvalue weighted by Crippen LogP contribution is -2.47. The maximum Gasteiger partial charge on any atom is 0.287 e. The fourth-order valence-electron chi connectivity index (χ4n) is 3.75. The maximum atomic E-state index is 13.0. The summed E-state index contributed by atoms with van der Waals surface area (Å²) in [5.74, 6) is -0.882. The molecule has 2 N–H and O–H groups in total. The summed E-state index contributed by atoms with van der Waals surface area (Å²) in [7, 11) is 0. The van der Waals surface area contributed by atoms with E-state index in [1.54, 1.807) is 6.07 Å². The van der Waals surface area contributed by atoms with Crippen LogP contribution in [0.15, 0.2) is 41.0 Å². The van der Waals surface area contributed by atoms with E-state index in [1.807, 2.05) is 32.0 Å². The number of nitrogens with zero attached hydrogens (tertiary/aromatic N) is 1. The number of furan rings is 1. The molecule has 3 rings (SSSR count). The van der Waals surface area contributed by atoms with E-state index in [9.17, 15) is 14.4 Å². The maximum absolute atomic E-state index is 13.0. The standard InChI is InChI=1S/C23H29N3O4/c1-16-8-6-11-19(17(16)2)26(15-21(27)25-18-9-4-3-5-10-18)22(28)14-24-23(29)20-12-7-13-30-20/h6-8,11-13,18H,3-5,9-10,14-15H2,1-2H3,(H,24,29)(H,25,27). The molecule has 1 fully saturated rings. The van der Waals surface area contributed by atoms with Crippen LogP contribution in [0.3, 0.4) is 0 Å². The van der Waals surface area contributed by atoms with Gasteiger partial charge in [-0.1, -0.05) is 31.4 Å². The first kappa shape index (κ1) is 21.6. The van der Waals surface area contributed by atoms with E-state index in [-0.39, 0.29) is 36.7 Å². The summed E-state index contributed by atoms with van der Waals surface area (Å²) in [6.45, 7) is 3.56. The number of rotatable bonds is 7. The summed E-state index contributed by atoms with van der Waals surface area (Å²) in [5.41, 5.74) is 2.62. The zero-order valence-corrected chi connectivity index (χ0v) is 17.6. The van der Waals surface area contributed by atoms with Gasteiger partial charge in [-0.3, -0.25) is 14.4 Å². The smallest absolute Gasteiger partial charge is 0.287 e. The molecule has 1 saturated carbocycles.